The molecule has 0 spiro atoms. The lowest BCUT2D eigenvalue weighted by Gasteiger charge is -2.35. The first-order valence-electron chi connectivity index (χ1n) is 6.39. The zero-order valence-corrected chi connectivity index (χ0v) is 9.77. The van der Waals surface area contributed by atoms with Crippen LogP contribution < -0.4 is 5.73 Å². The topological polar surface area (TPSA) is 66.6 Å². The second-order valence-corrected chi connectivity index (χ2v) is 5.19. The van der Waals surface area contributed by atoms with Crippen LogP contribution in [0.2, 0.25) is 0 Å². The molecule has 1 saturated heterocycles. The number of aliphatic hydroxyl groups is 1. The molecular formula is C12H22N2O2. The van der Waals surface area contributed by atoms with Crippen LogP contribution in [0.25, 0.3) is 0 Å². The Morgan fingerprint density at radius 3 is 2.50 bits per heavy atom. The number of nitrogens with zero attached hydrogens (tertiary/aromatic N) is 1. The standard InChI is InChI=1S/C12H22N2O2/c13-10-5-3-9(4-6-10)12(16)14-7-1-2-11(15)8-14/h9-11,15H,1-8,13H2. The number of rotatable bonds is 1. The van der Waals surface area contributed by atoms with Crippen molar-refractivity contribution in [1.29, 1.82) is 0 Å². The minimum atomic E-state index is -0.316. The Bertz CT molecular complexity index is 249. The predicted octanol–water partition coefficient (Wildman–Crippen LogP) is 0.487. The average molecular weight is 226 g/mol. The van der Waals surface area contributed by atoms with Crippen LogP contribution >= 0.6 is 0 Å². The van der Waals surface area contributed by atoms with Gasteiger partial charge in [-0.2, -0.15) is 0 Å². The van der Waals surface area contributed by atoms with Gasteiger partial charge in [-0.25, -0.2) is 0 Å². The Kier molecular flexibility index (Phi) is 3.82. The molecule has 1 aliphatic heterocycles. The lowest BCUT2D eigenvalue weighted by atomic mass is 9.85. The number of carbonyl (C=O) groups is 1. The van der Waals surface area contributed by atoms with E-state index in [0.29, 0.717) is 6.54 Å². The third-order valence-electron chi connectivity index (χ3n) is 3.83. The summed E-state index contributed by atoms with van der Waals surface area (Å²) in [5.41, 5.74) is 5.83. The molecule has 0 aromatic carbocycles. The maximum atomic E-state index is 12.2. The van der Waals surface area contributed by atoms with Crippen molar-refractivity contribution in [3.05, 3.63) is 0 Å². The first-order chi connectivity index (χ1) is 7.66. The highest BCUT2D eigenvalue weighted by Crippen LogP contribution is 2.26. The summed E-state index contributed by atoms with van der Waals surface area (Å²) in [6, 6.07) is 0.288. The van der Waals surface area contributed by atoms with Gasteiger partial charge in [-0.15, -0.1) is 0 Å². The predicted molar refractivity (Wildman–Crippen MR) is 61.8 cm³/mol. The lowest BCUT2D eigenvalue weighted by molar-refractivity contribution is -0.139. The third-order valence-corrected chi connectivity index (χ3v) is 3.83. The molecule has 1 atom stereocenters. The van der Waals surface area contributed by atoms with Crippen molar-refractivity contribution < 1.29 is 9.90 Å². The highest BCUT2D eigenvalue weighted by Gasteiger charge is 2.30. The van der Waals surface area contributed by atoms with Gasteiger partial charge in [-0.05, 0) is 38.5 Å². The van der Waals surface area contributed by atoms with Gasteiger partial charge < -0.3 is 15.7 Å². The van der Waals surface area contributed by atoms with Gasteiger partial charge in [-0.1, -0.05) is 0 Å². The van der Waals surface area contributed by atoms with E-state index >= 15 is 0 Å². The van der Waals surface area contributed by atoms with Crippen molar-refractivity contribution in [1.82, 2.24) is 4.90 Å². The van der Waals surface area contributed by atoms with Crippen LogP contribution in [0, 0.1) is 5.92 Å². The molecule has 0 aromatic heterocycles. The monoisotopic (exact) mass is 226 g/mol. The molecule has 4 nitrogen and oxygen atoms in total. The largest absolute Gasteiger partial charge is 0.391 e. The Hall–Kier alpha value is -0.610. The van der Waals surface area contributed by atoms with Crippen LogP contribution in [0.3, 0.4) is 0 Å². The summed E-state index contributed by atoms with van der Waals surface area (Å²) in [6.45, 7) is 1.35. The first-order valence-corrected chi connectivity index (χ1v) is 6.39. The van der Waals surface area contributed by atoms with Crippen LogP contribution in [0.15, 0.2) is 0 Å². The number of likely N-dealkylation sites (tertiary alicyclic amines) is 1. The molecule has 1 unspecified atom stereocenters. The number of piperidine rings is 1. The van der Waals surface area contributed by atoms with Gasteiger partial charge >= 0.3 is 0 Å². The zero-order chi connectivity index (χ0) is 11.5. The SMILES string of the molecule is NC1CCC(C(=O)N2CCCC(O)C2)CC1. The summed E-state index contributed by atoms with van der Waals surface area (Å²) >= 11 is 0. The number of β-amino-alcohol motifs (C(OH)–C–C–N with tert-alkyl or cyclic N) is 1. The number of carbonyl (C=O) groups excluding carboxylic acids is 1. The quantitative estimate of drug-likeness (QED) is 0.683. The number of hydrogen-bond acceptors (Lipinski definition) is 3. The fourth-order valence-corrected chi connectivity index (χ4v) is 2.78. The van der Waals surface area contributed by atoms with Gasteiger partial charge in [-0.3, -0.25) is 4.79 Å². The number of nitrogens with two attached hydrogens (primary N) is 1. The fourth-order valence-electron chi connectivity index (χ4n) is 2.78. The van der Waals surface area contributed by atoms with Crippen LogP contribution in [0.5, 0.6) is 0 Å². The molecule has 16 heavy (non-hydrogen) atoms. The van der Waals surface area contributed by atoms with Gasteiger partial charge in [0, 0.05) is 25.0 Å². The number of hydrogen-bond donors (Lipinski definition) is 2. The molecule has 0 aromatic rings. The van der Waals surface area contributed by atoms with Crippen molar-refractivity contribution in [2.24, 2.45) is 11.7 Å². The molecule has 0 bridgehead atoms. The molecule has 2 rings (SSSR count). The molecule has 0 radical (unpaired) electrons. The van der Waals surface area contributed by atoms with Gasteiger partial charge in [0.15, 0.2) is 0 Å². The van der Waals surface area contributed by atoms with Gasteiger partial charge in [0.25, 0.3) is 0 Å². The Balaban J connectivity index is 1.86. The molecule has 1 aliphatic carbocycles. The van der Waals surface area contributed by atoms with Crippen molar-refractivity contribution in [3.8, 4) is 0 Å². The van der Waals surface area contributed by atoms with E-state index < -0.39 is 0 Å². The average Bonchev–Trinajstić information content (AvgIpc) is 2.29. The van der Waals surface area contributed by atoms with E-state index in [2.05, 4.69) is 0 Å². The Labute approximate surface area is 96.8 Å². The van der Waals surface area contributed by atoms with Crippen molar-refractivity contribution in [2.45, 2.75) is 50.7 Å². The van der Waals surface area contributed by atoms with Crippen molar-refractivity contribution in [2.75, 3.05) is 13.1 Å². The van der Waals surface area contributed by atoms with E-state index in [-0.39, 0.29) is 24.0 Å². The third kappa shape index (κ3) is 2.74. The van der Waals surface area contributed by atoms with Gasteiger partial charge in [0.05, 0.1) is 6.10 Å². The van der Waals surface area contributed by atoms with Crippen molar-refractivity contribution >= 4 is 5.91 Å². The maximum Gasteiger partial charge on any atom is 0.225 e. The summed E-state index contributed by atoms with van der Waals surface area (Å²) in [7, 11) is 0. The lowest BCUT2D eigenvalue weighted by Crippen LogP contribution is -2.46. The summed E-state index contributed by atoms with van der Waals surface area (Å²) in [5, 5.41) is 9.56. The molecule has 92 valence electrons. The highest BCUT2D eigenvalue weighted by molar-refractivity contribution is 5.79. The highest BCUT2D eigenvalue weighted by atomic mass is 16.3. The molecule has 1 heterocycles. The van der Waals surface area contributed by atoms with E-state index in [1.807, 2.05) is 4.90 Å². The normalized spacial score (nSPS) is 36.1. The van der Waals surface area contributed by atoms with Gasteiger partial charge in [0.2, 0.25) is 5.91 Å². The van der Waals surface area contributed by atoms with E-state index in [1.165, 1.54) is 0 Å². The molecule has 2 fully saturated rings. The summed E-state index contributed by atoms with van der Waals surface area (Å²) in [4.78, 5) is 14.0. The molecule has 1 amide bonds. The van der Waals surface area contributed by atoms with Crippen LogP contribution in [0.4, 0.5) is 0 Å². The molecule has 2 aliphatic rings. The smallest absolute Gasteiger partial charge is 0.225 e. The van der Waals surface area contributed by atoms with Crippen LogP contribution in [-0.2, 0) is 4.79 Å². The zero-order valence-electron chi connectivity index (χ0n) is 9.77. The van der Waals surface area contributed by atoms with Crippen LogP contribution in [0.1, 0.15) is 38.5 Å². The fraction of sp³-hybridized carbons (Fsp3) is 0.917. The molecule has 4 heteroatoms. The minimum Gasteiger partial charge on any atom is -0.391 e. The molecular weight excluding hydrogens is 204 g/mol. The van der Waals surface area contributed by atoms with E-state index in [9.17, 15) is 9.90 Å². The van der Waals surface area contributed by atoms with E-state index in [4.69, 9.17) is 5.73 Å². The second-order valence-electron chi connectivity index (χ2n) is 5.19. The van der Waals surface area contributed by atoms with Gasteiger partial charge in [0.1, 0.15) is 0 Å². The second kappa shape index (κ2) is 5.15. The van der Waals surface area contributed by atoms with Crippen LogP contribution in [-0.4, -0.2) is 41.1 Å². The number of amides is 1. The Morgan fingerprint density at radius 1 is 1.19 bits per heavy atom. The first kappa shape index (κ1) is 11.9. The molecule has 3 N–H and O–H groups in total. The summed E-state index contributed by atoms with van der Waals surface area (Å²) < 4.78 is 0. The van der Waals surface area contributed by atoms with Crippen molar-refractivity contribution in [3.63, 3.8) is 0 Å². The maximum absolute atomic E-state index is 12.2. The van der Waals surface area contributed by atoms with E-state index in [0.717, 1.165) is 45.1 Å². The Morgan fingerprint density at radius 2 is 1.88 bits per heavy atom. The number of aliphatic hydroxyl groups excluding tert-OH is 1. The van der Waals surface area contributed by atoms with E-state index in [1.54, 1.807) is 0 Å². The minimum absolute atomic E-state index is 0.157. The summed E-state index contributed by atoms with van der Waals surface area (Å²) in [6.07, 6.45) is 5.22. The molecule has 1 saturated carbocycles. The summed E-state index contributed by atoms with van der Waals surface area (Å²) in [5.74, 6) is 0.399.